The van der Waals surface area contributed by atoms with Gasteiger partial charge in [0.05, 0.1) is 17.4 Å². The second-order valence-corrected chi connectivity index (χ2v) is 16.1. The van der Waals surface area contributed by atoms with E-state index in [0.717, 1.165) is 29.3 Å². The van der Waals surface area contributed by atoms with Crippen molar-refractivity contribution in [3.8, 4) is 5.69 Å². The average Bonchev–Trinajstić information content (AvgIpc) is 3.55. The lowest BCUT2D eigenvalue weighted by Crippen LogP contribution is -2.45. The first kappa shape index (κ1) is 36.1. The first-order valence-electron chi connectivity index (χ1n) is 20.2. The third kappa shape index (κ3) is 5.79. The summed E-state index contributed by atoms with van der Waals surface area (Å²) in [6.45, 7) is 6.93. The van der Waals surface area contributed by atoms with Gasteiger partial charge >= 0.3 is 11.8 Å². The minimum absolute atomic E-state index is 0.0465. The van der Waals surface area contributed by atoms with Crippen LogP contribution < -0.4 is 16.2 Å². The molecule has 0 radical (unpaired) electrons. The van der Waals surface area contributed by atoms with Crippen LogP contribution >= 0.6 is 0 Å². The zero-order valence-corrected chi connectivity index (χ0v) is 32.5. The van der Waals surface area contributed by atoms with Crippen LogP contribution in [0.1, 0.15) is 83.8 Å². The van der Waals surface area contributed by atoms with Gasteiger partial charge in [-0.25, -0.2) is 19.1 Å². The molecule has 3 amide bonds. The van der Waals surface area contributed by atoms with Crippen molar-refractivity contribution in [1.82, 2.24) is 34.1 Å². The predicted octanol–water partition coefficient (Wildman–Crippen LogP) is 5.74. The molecule has 58 heavy (non-hydrogen) atoms. The number of aromatic amines is 1. The molecule has 14 nitrogen and oxygen atoms in total. The molecule has 3 aromatic heterocycles. The van der Waals surface area contributed by atoms with Crippen molar-refractivity contribution in [3.63, 3.8) is 0 Å². The number of anilines is 1. The Bertz CT molecular complexity index is 2680. The summed E-state index contributed by atoms with van der Waals surface area (Å²) in [5, 5.41) is 5.07. The first-order chi connectivity index (χ1) is 28.2. The van der Waals surface area contributed by atoms with Crippen molar-refractivity contribution in [2.75, 3.05) is 37.7 Å². The molecule has 4 aliphatic rings. The third-order valence-electron chi connectivity index (χ3n) is 12.7. The molecule has 0 spiro atoms. The number of hydrogen-bond donors (Lipinski definition) is 1. The maximum Gasteiger partial charge on any atom is 0.438 e. The molecule has 10 rings (SSSR count). The Balaban J connectivity index is 1.06. The molecule has 1 N–H and O–H groups in total. The lowest BCUT2D eigenvalue weighted by atomic mass is 9.91. The molecular weight excluding hydrogens is 737 g/mol. The minimum Gasteiger partial charge on any atom is -0.381 e. The lowest BCUT2D eigenvalue weighted by Gasteiger charge is -2.36. The molecule has 0 unspecified atom stereocenters. The Morgan fingerprint density at radius 1 is 0.914 bits per heavy atom. The Morgan fingerprint density at radius 3 is 2.36 bits per heavy atom. The van der Waals surface area contributed by atoms with E-state index in [4.69, 9.17) is 14.2 Å². The van der Waals surface area contributed by atoms with E-state index in [1.165, 1.54) is 10.1 Å². The predicted molar refractivity (Wildman–Crippen MR) is 215 cm³/mol. The van der Waals surface area contributed by atoms with Gasteiger partial charge in [0, 0.05) is 55.9 Å². The maximum absolute atomic E-state index is 15.2. The minimum atomic E-state index is -0.799. The van der Waals surface area contributed by atoms with Crippen molar-refractivity contribution in [1.29, 1.82) is 0 Å². The Morgan fingerprint density at radius 2 is 1.66 bits per heavy atom. The quantitative estimate of drug-likeness (QED) is 0.205. The van der Waals surface area contributed by atoms with Crippen molar-refractivity contribution in [3.05, 3.63) is 140 Å². The van der Waals surface area contributed by atoms with Crippen molar-refractivity contribution in [2.45, 2.75) is 63.6 Å². The number of ether oxygens (including phenoxy) is 1. The molecular formula is C44H44N8O6. The summed E-state index contributed by atoms with van der Waals surface area (Å²) in [5.74, 6) is 0.133. The van der Waals surface area contributed by atoms with Crippen LogP contribution in [0.3, 0.4) is 0 Å². The summed E-state index contributed by atoms with van der Waals surface area (Å²) < 4.78 is 14.2. The summed E-state index contributed by atoms with van der Waals surface area (Å²) >= 11 is 0. The molecule has 6 aromatic rings. The van der Waals surface area contributed by atoms with Crippen molar-refractivity contribution in [2.24, 2.45) is 5.92 Å². The Labute approximate surface area is 333 Å². The summed E-state index contributed by atoms with van der Waals surface area (Å²) in [7, 11) is 0. The van der Waals surface area contributed by atoms with Gasteiger partial charge in [-0.15, -0.1) is 0 Å². The van der Waals surface area contributed by atoms with E-state index in [-0.39, 0.29) is 42.3 Å². The zero-order chi connectivity index (χ0) is 39.7. The molecule has 14 heteroatoms. The van der Waals surface area contributed by atoms with E-state index in [0.29, 0.717) is 73.6 Å². The van der Waals surface area contributed by atoms with Crippen LogP contribution in [-0.2, 0) is 23.2 Å². The van der Waals surface area contributed by atoms with Gasteiger partial charge in [0.2, 0.25) is 5.95 Å². The topological polar surface area (TPSA) is 152 Å². The van der Waals surface area contributed by atoms with E-state index in [9.17, 15) is 14.4 Å². The summed E-state index contributed by atoms with van der Waals surface area (Å²) in [4.78, 5) is 69.3. The third-order valence-corrected chi connectivity index (χ3v) is 12.7. The number of nitrogens with zero attached hydrogens (tertiary/aromatic N) is 7. The number of fused-ring (bicyclic) bond motifs is 2. The molecule has 3 aliphatic heterocycles. The summed E-state index contributed by atoms with van der Waals surface area (Å²) in [6, 6.07) is 26.6. The van der Waals surface area contributed by atoms with E-state index in [1.54, 1.807) is 14.7 Å². The highest BCUT2D eigenvalue weighted by Gasteiger charge is 2.59. The Kier molecular flexibility index (Phi) is 8.70. The van der Waals surface area contributed by atoms with Gasteiger partial charge in [0.25, 0.3) is 11.5 Å². The monoisotopic (exact) mass is 780 g/mol. The summed E-state index contributed by atoms with van der Waals surface area (Å²) in [5.41, 5.74) is 4.06. The fourth-order valence-electron chi connectivity index (χ4n) is 9.53. The highest BCUT2D eigenvalue weighted by atomic mass is 16.5. The van der Waals surface area contributed by atoms with Crippen LogP contribution in [0.5, 0.6) is 0 Å². The number of benzene rings is 3. The number of nitrogens with one attached hydrogen (secondary N) is 1. The largest absolute Gasteiger partial charge is 0.438 e. The Hall–Kier alpha value is -6.28. The summed E-state index contributed by atoms with van der Waals surface area (Å²) in [6.07, 6.45) is 2.79. The smallest absolute Gasteiger partial charge is 0.381 e. The van der Waals surface area contributed by atoms with Crippen LogP contribution in [0.4, 0.5) is 10.7 Å². The number of carbonyl (C=O) groups is 2. The SMILES string of the molecule is C[C@@H]1c2nc(N3CCN(Cc4ccccc4)C3=O)n(-c3ccccc3)c(=O)c2CCN1C(=O)c1cc2cc(C3CCOCC3)ccc2n1[C@]1(c2noc(=O)[nH]2)C[C@@H]1C. The van der Waals surface area contributed by atoms with Gasteiger partial charge in [-0.3, -0.25) is 24.0 Å². The molecule has 296 valence electrons. The second kappa shape index (κ2) is 14.0. The van der Waals surface area contributed by atoms with Crippen LogP contribution in [0.2, 0.25) is 0 Å². The second-order valence-electron chi connectivity index (χ2n) is 16.1. The highest BCUT2D eigenvalue weighted by molar-refractivity contribution is 6.00. The number of rotatable bonds is 8. The van der Waals surface area contributed by atoms with E-state index < -0.39 is 17.3 Å². The van der Waals surface area contributed by atoms with Gasteiger partial charge < -0.3 is 19.1 Å². The molecule has 6 heterocycles. The molecule has 0 bridgehead atoms. The molecule has 3 aromatic carbocycles. The maximum atomic E-state index is 15.2. The van der Waals surface area contributed by atoms with E-state index in [1.807, 2.05) is 78.2 Å². The number of carbonyl (C=O) groups excluding carboxylic acids is 2. The molecule has 2 saturated heterocycles. The molecule has 3 atom stereocenters. The van der Waals surface area contributed by atoms with Crippen LogP contribution in [0, 0.1) is 5.92 Å². The number of aromatic nitrogens is 5. The van der Waals surface area contributed by atoms with Gasteiger partial charge in [-0.1, -0.05) is 66.7 Å². The standard InChI is InChI=1S/C44H44N8O6/c1-27-25-44(27,40-46-42(55)58-47-40)52-35-14-13-31(30-16-21-57-22-17-30)23-32(35)24-36(52)39(54)49-18-15-34-37(28(49)2)45-41(51(38(34)53)33-11-7-4-8-12-33)50-20-19-48(43(50)56)26-29-9-5-3-6-10-29/h3-14,23-24,27-28,30H,15-22,25-26H2,1-2H3,(H,46,47,55)/t27-,28+,44+/m0/s1. The highest BCUT2D eigenvalue weighted by Crippen LogP contribution is 2.56. The van der Waals surface area contributed by atoms with Gasteiger partial charge in [0.15, 0.2) is 5.82 Å². The fraction of sp³-hybridized carbons (Fsp3) is 0.364. The fourth-order valence-corrected chi connectivity index (χ4v) is 9.53. The number of para-hydroxylation sites is 1. The average molecular weight is 781 g/mol. The van der Waals surface area contributed by atoms with Crippen LogP contribution in [0.25, 0.3) is 16.6 Å². The van der Waals surface area contributed by atoms with Gasteiger partial charge in [0.1, 0.15) is 11.2 Å². The van der Waals surface area contributed by atoms with Crippen molar-refractivity contribution < 1.29 is 18.8 Å². The van der Waals surface area contributed by atoms with Crippen molar-refractivity contribution >= 4 is 28.8 Å². The normalized spacial score (nSPS) is 22.2. The molecule has 1 saturated carbocycles. The molecule has 1 aliphatic carbocycles. The van der Waals surface area contributed by atoms with Crippen LogP contribution in [0.15, 0.2) is 99.0 Å². The molecule has 3 fully saturated rings. The number of amides is 3. The number of H-pyrrole nitrogens is 1. The van der Waals surface area contributed by atoms with Gasteiger partial charge in [-0.2, -0.15) is 0 Å². The van der Waals surface area contributed by atoms with Crippen LogP contribution in [-0.4, -0.2) is 78.8 Å². The lowest BCUT2D eigenvalue weighted by molar-refractivity contribution is 0.0658. The zero-order valence-electron chi connectivity index (χ0n) is 32.5. The number of hydrogen-bond acceptors (Lipinski definition) is 8. The number of urea groups is 1. The van der Waals surface area contributed by atoms with E-state index >= 15 is 4.79 Å². The van der Waals surface area contributed by atoms with Gasteiger partial charge in [-0.05, 0) is 85.9 Å². The van der Waals surface area contributed by atoms with E-state index in [2.05, 4.69) is 35.3 Å². The first-order valence-corrected chi connectivity index (χ1v) is 20.2.